The van der Waals surface area contributed by atoms with Crippen LogP contribution in [0.5, 0.6) is 0 Å². The topological polar surface area (TPSA) is 84.7 Å². The molecule has 0 unspecified atom stereocenters. The van der Waals surface area contributed by atoms with E-state index in [9.17, 15) is 22.8 Å². The number of methoxy groups -OCH3 is 1. The van der Waals surface area contributed by atoms with E-state index in [0.29, 0.717) is 6.54 Å². The maximum atomic E-state index is 13.0. The second-order valence-electron chi connectivity index (χ2n) is 5.35. The number of carboxylic acid groups (broad SMARTS) is 1. The Morgan fingerprint density at radius 2 is 2.04 bits per heavy atom. The highest BCUT2D eigenvalue weighted by molar-refractivity contribution is 5.92. The maximum absolute atomic E-state index is 13.0. The molecule has 7 nitrogen and oxygen atoms in total. The molecule has 2 aromatic rings. The van der Waals surface area contributed by atoms with Crippen LogP contribution in [0.1, 0.15) is 5.56 Å². The largest absolute Gasteiger partial charge is 0.480 e. The van der Waals surface area contributed by atoms with Crippen molar-refractivity contribution in [3.05, 3.63) is 34.1 Å². The molecular formula is C15H16F3N3O4. The minimum absolute atomic E-state index is 0.0000619. The summed E-state index contributed by atoms with van der Waals surface area (Å²) in [6.07, 6.45) is -4.58. The maximum Gasteiger partial charge on any atom is 0.416 e. The third kappa shape index (κ3) is 4.08. The molecule has 0 atom stereocenters. The quantitative estimate of drug-likeness (QED) is 0.843. The number of hydrogen-bond donors (Lipinski definition) is 1. The lowest BCUT2D eigenvalue weighted by Gasteiger charge is -2.21. The molecule has 0 bridgehead atoms. The first-order chi connectivity index (χ1) is 11.6. The van der Waals surface area contributed by atoms with Gasteiger partial charge in [0.1, 0.15) is 6.54 Å². The number of alkyl halides is 3. The van der Waals surface area contributed by atoms with Crippen LogP contribution in [0.15, 0.2) is 23.0 Å². The number of ether oxygens (including phenoxy) is 1. The number of fused-ring (bicyclic) bond motifs is 1. The van der Waals surface area contributed by atoms with E-state index in [2.05, 4.69) is 5.10 Å². The minimum atomic E-state index is -4.58. The van der Waals surface area contributed by atoms with Crippen molar-refractivity contribution in [3.8, 4) is 0 Å². The Morgan fingerprint density at radius 1 is 1.36 bits per heavy atom. The molecule has 2 rings (SSSR count). The fourth-order valence-electron chi connectivity index (χ4n) is 2.30. The summed E-state index contributed by atoms with van der Waals surface area (Å²) in [6.45, 7) is -0.127. The molecule has 0 fully saturated rings. The van der Waals surface area contributed by atoms with Gasteiger partial charge in [0.25, 0.3) is 5.56 Å². The smallest absolute Gasteiger partial charge is 0.416 e. The number of benzene rings is 1. The zero-order valence-electron chi connectivity index (χ0n) is 13.5. The Hall–Kier alpha value is -2.62. The summed E-state index contributed by atoms with van der Waals surface area (Å²) in [5.41, 5.74) is -1.69. The number of likely N-dealkylation sites (N-methyl/N-ethyl adjacent to an activating group) is 1. The van der Waals surface area contributed by atoms with Crippen molar-refractivity contribution >= 4 is 22.6 Å². The molecule has 0 amide bonds. The molecule has 1 aromatic heterocycles. The Bertz CT molecular complexity index is 848. The van der Waals surface area contributed by atoms with Gasteiger partial charge < -0.3 is 14.7 Å². The standard InChI is InChI=1S/C15H16F3N3O4/c1-20(5-6-25-2)13-11-7-9(15(16,17)18)3-4-10(11)14(24)21(19-13)8-12(22)23/h3-4,7H,5-6,8H2,1-2H3,(H,22,23). The van der Waals surface area contributed by atoms with Crippen LogP contribution < -0.4 is 10.5 Å². The lowest BCUT2D eigenvalue weighted by atomic mass is 10.1. The van der Waals surface area contributed by atoms with Gasteiger partial charge >= 0.3 is 12.1 Å². The first-order valence-corrected chi connectivity index (χ1v) is 7.19. The molecule has 1 heterocycles. The molecule has 136 valence electrons. The van der Waals surface area contributed by atoms with E-state index in [1.165, 1.54) is 12.0 Å². The predicted octanol–water partition coefficient (Wildman–Crippen LogP) is 1.58. The van der Waals surface area contributed by atoms with Gasteiger partial charge in [-0.05, 0) is 18.2 Å². The van der Waals surface area contributed by atoms with Crippen LogP contribution in [0, 0.1) is 0 Å². The van der Waals surface area contributed by atoms with Crippen molar-refractivity contribution in [1.29, 1.82) is 0 Å². The molecule has 0 aliphatic carbocycles. The highest BCUT2D eigenvalue weighted by Crippen LogP contribution is 2.32. The Balaban J connectivity index is 2.72. The van der Waals surface area contributed by atoms with Gasteiger partial charge in [0.05, 0.1) is 17.6 Å². The van der Waals surface area contributed by atoms with E-state index in [0.717, 1.165) is 22.9 Å². The lowest BCUT2D eigenvalue weighted by molar-refractivity contribution is -0.138. The number of hydrogen-bond acceptors (Lipinski definition) is 5. The van der Waals surface area contributed by atoms with E-state index in [-0.39, 0.29) is 23.2 Å². The number of carbonyl (C=O) groups is 1. The summed E-state index contributed by atoms with van der Waals surface area (Å²) >= 11 is 0. The number of anilines is 1. The molecule has 1 N–H and O–H groups in total. The fraction of sp³-hybridized carbons (Fsp3) is 0.400. The summed E-state index contributed by atoms with van der Waals surface area (Å²) < 4.78 is 44.6. The molecule has 0 saturated carbocycles. The van der Waals surface area contributed by atoms with Crippen molar-refractivity contribution in [3.63, 3.8) is 0 Å². The Kier molecular flexibility index (Phi) is 5.31. The first-order valence-electron chi connectivity index (χ1n) is 7.19. The SMILES string of the molecule is COCCN(C)c1nn(CC(=O)O)c(=O)c2ccc(C(F)(F)F)cc12. The van der Waals surface area contributed by atoms with E-state index < -0.39 is 29.8 Å². The van der Waals surface area contributed by atoms with Gasteiger partial charge in [-0.25, -0.2) is 4.68 Å². The normalized spacial score (nSPS) is 11.7. The van der Waals surface area contributed by atoms with Crippen LogP contribution in [0.2, 0.25) is 0 Å². The number of carboxylic acids is 1. The average Bonchev–Trinajstić information content (AvgIpc) is 2.53. The van der Waals surface area contributed by atoms with Gasteiger partial charge in [0, 0.05) is 26.1 Å². The van der Waals surface area contributed by atoms with Crippen LogP contribution >= 0.6 is 0 Å². The lowest BCUT2D eigenvalue weighted by Crippen LogP contribution is -2.31. The van der Waals surface area contributed by atoms with Gasteiger partial charge in [-0.1, -0.05) is 0 Å². The minimum Gasteiger partial charge on any atom is -0.480 e. The highest BCUT2D eigenvalue weighted by atomic mass is 19.4. The fourth-order valence-corrected chi connectivity index (χ4v) is 2.30. The van der Waals surface area contributed by atoms with Crippen LogP contribution in [0.3, 0.4) is 0 Å². The second-order valence-corrected chi connectivity index (χ2v) is 5.35. The van der Waals surface area contributed by atoms with E-state index in [1.54, 1.807) is 7.05 Å². The first kappa shape index (κ1) is 18.7. The summed E-state index contributed by atoms with van der Waals surface area (Å²) in [5.74, 6) is -1.22. The number of aromatic nitrogens is 2. The number of rotatable bonds is 6. The van der Waals surface area contributed by atoms with Gasteiger partial charge in [-0.3, -0.25) is 9.59 Å². The molecule has 1 aromatic carbocycles. The molecule has 25 heavy (non-hydrogen) atoms. The molecule has 0 aliphatic rings. The zero-order chi connectivity index (χ0) is 18.8. The molecular weight excluding hydrogens is 343 g/mol. The summed E-state index contributed by atoms with van der Waals surface area (Å²) in [5, 5.41) is 12.8. The Morgan fingerprint density at radius 3 is 2.60 bits per heavy atom. The van der Waals surface area contributed by atoms with Crippen molar-refractivity contribution in [2.24, 2.45) is 0 Å². The van der Waals surface area contributed by atoms with Crippen molar-refractivity contribution < 1.29 is 27.8 Å². The van der Waals surface area contributed by atoms with Crippen LogP contribution in [0.25, 0.3) is 10.8 Å². The number of aliphatic carboxylic acids is 1. The van der Waals surface area contributed by atoms with Gasteiger partial charge in [0.2, 0.25) is 0 Å². The van der Waals surface area contributed by atoms with Crippen molar-refractivity contribution in [1.82, 2.24) is 9.78 Å². The van der Waals surface area contributed by atoms with Crippen LogP contribution in [0.4, 0.5) is 19.0 Å². The monoisotopic (exact) mass is 359 g/mol. The van der Waals surface area contributed by atoms with Gasteiger partial charge in [-0.15, -0.1) is 0 Å². The van der Waals surface area contributed by atoms with E-state index >= 15 is 0 Å². The van der Waals surface area contributed by atoms with E-state index in [4.69, 9.17) is 9.84 Å². The van der Waals surface area contributed by atoms with Gasteiger partial charge in [0.15, 0.2) is 5.82 Å². The number of halogens is 3. The average molecular weight is 359 g/mol. The Labute approximate surface area is 140 Å². The predicted molar refractivity (Wildman–Crippen MR) is 83.8 cm³/mol. The molecule has 0 spiro atoms. The van der Waals surface area contributed by atoms with Gasteiger partial charge in [-0.2, -0.15) is 18.3 Å². The third-order valence-corrected chi connectivity index (χ3v) is 3.55. The zero-order valence-corrected chi connectivity index (χ0v) is 13.5. The van der Waals surface area contributed by atoms with Crippen molar-refractivity contribution in [2.75, 3.05) is 32.2 Å². The number of nitrogens with zero attached hydrogens (tertiary/aromatic N) is 3. The third-order valence-electron chi connectivity index (χ3n) is 3.55. The summed E-state index contributed by atoms with van der Waals surface area (Å²) in [7, 11) is 3.03. The molecule has 0 aliphatic heterocycles. The molecule has 0 saturated heterocycles. The van der Waals surface area contributed by atoms with Crippen molar-refractivity contribution in [2.45, 2.75) is 12.7 Å². The second kappa shape index (κ2) is 7.09. The summed E-state index contributed by atoms with van der Waals surface area (Å²) in [4.78, 5) is 24.7. The molecule has 10 heteroatoms. The molecule has 0 radical (unpaired) electrons. The summed E-state index contributed by atoms with van der Waals surface area (Å²) in [6, 6.07) is 2.66. The highest BCUT2D eigenvalue weighted by Gasteiger charge is 2.31. The van der Waals surface area contributed by atoms with Crippen LogP contribution in [-0.2, 0) is 22.3 Å². The van der Waals surface area contributed by atoms with E-state index in [1.807, 2.05) is 0 Å². The van der Waals surface area contributed by atoms with Crippen LogP contribution in [-0.4, -0.2) is 48.2 Å².